The van der Waals surface area contributed by atoms with E-state index in [0.717, 1.165) is 6.54 Å². The number of carboxylic acids is 1. The number of hydrogen-bond donors (Lipinski definition) is 3. The second kappa shape index (κ2) is 2.70. The molecule has 0 aromatic rings. The molecule has 0 aromatic carbocycles. The van der Waals surface area contributed by atoms with Crippen LogP contribution in [0.1, 0.15) is 6.42 Å². The Morgan fingerprint density at radius 3 is 2.60 bits per heavy atom. The van der Waals surface area contributed by atoms with Gasteiger partial charge in [-0.1, -0.05) is 0 Å². The van der Waals surface area contributed by atoms with Crippen LogP contribution in [0.5, 0.6) is 0 Å². The summed E-state index contributed by atoms with van der Waals surface area (Å²) in [5, 5.41) is 20.1. The maximum absolute atomic E-state index is 10.2. The van der Waals surface area contributed by atoms with E-state index in [4.69, 9.17) is 10.2 Å². The summed E-state index contributed by atoms with van der Waals surface area (Å²) < 4.78 is 0. The highest BCUT2D eigenvalue weighted by molar-refractivity contribution is 5.84. The molecule has 10 heavy (non-hydrogen) atoms. The third kappa shape index (κ3) is 1.27. The van der Waals surface area contributed by atoms with E-state index >= 15 is 0 Å². The fraction of sp³-hybridized carbons (Fsp3) is 0.500. The minimum absolute atomic E-state index is 0.495. The quantitative estimate of drug-likeness (QED) is 0.353. The number of carboxylic acid groups (broad SMARTS) is 1. The summed E-state index contributed by atoms with van der Waals surface area (Å²) >= 11 is 0. The summed E-state index contributed by atoms with van der Waals surface area (Å²) in [5.74, 6) is -1.73. The van der Waals surface area contributed by atoms with Crippen LogP contribution in [0.15, 0.2) is 11.3 Å². The lowest BCUT2D eigenvalue weighted by Gasteiger charge is -1.95. The van der Waals surface area contributed by atoms with Gasteiger partial charge in [0.1, 0.15) is 0 Å². The van der Waals surface area contributed by atoms with Crippen molar-refractivity contribution in [2.45, 2.75) is 6.42 Å². The SMILES string of the molecule is O=C(O)/C(O)=C1\CCNC1. The van der Waals surface area contributed by atoms with Crippen LogP contribution in [0.4, 0.5) is 0 Å². The molecule has 0 aliphatic carbocycles. The number of nitrogens with one attached hydrogen (secondary N) is 1. The molecule has 4 heteroatoms. The van der Waals surface area contributed by atoms with Crippen molar-refractivity contribution in [1.82, 2.24) is 5.32 Å². The second-order valence-corrected chi connectivity index (χ2v) is 2.18. The monoisotopic (exact) mass is 143 g/mol. The van der Waals surface area contributed by atoms with Crippen molar-refractivity contribution in [2.75, 3.05) is 13.1 Å². The molecule has 0 unspecified atom stereocenters. The Hall–Kier alpha value is -1.03. The third-order valence-electron chi connectivity index (χ3n) is 1.48. The van der Waals surface area contributed by atoms with Gasteiger partial charge in [-0.15, -0.1) is 0 Å². The molecule has 1 fully saturated rings. The molecule has 0 aromatic heterocycles. The second-order valence-electron chi connectivity index (χ2n) is 2.18. The van der Waals surface area contributed by atoms with Crippen LogP contribution in [0.25, 0.3) is 0 Å². The summed E-state index contributed by atoms with van der Waals surface area (Å²) in [7, 11) is 0. The van der Waals surface area contributed by atoms with E-state index in [1.165, 1.54) is 0 Å². The van der Waals surface area contributed by atoms with Gasteiger partial charge in [0.15, 0.2) is 0 Å². The zero-order valence-corrected chi connectivity index (χ0v) is 5.42. The molecule has 1 rings (SSSR count). The molecule has 0 bridgehead atoms. The normalized spacial score (nSPS) is 22.8. The lowest BCUT2D eigenvalue weighted by atomic mass is 10.2. The smallest absolute Gasteiger partial charge is 0.370 e. The van der Waals surface area contributed by atoms with Crippen LogP contribution < -0.4 is 5.32 Å². The van der Waals surface area contributed by atoms with Crippen molar-refractivity contribution in [3.63, 3.8) is 0 Å². The molecular weight excluding hydrogens is 134 g/mol. The molecular formula is C6H9NO3. The fourth-order valence-electron chi connectivity index (χ4n) is 0.920. The Labute approximate surface area is 58.2 Å². The van der Waals surface area contributed by atoms with Crippen molar-refractivity contribution in [3.8, 4) is 0 Å². The Kier molecular flexibility index (Phi) is 1.91. The zero-order valence-electron chi connectivity index (χ0n) is 5.42. The number of rotatable bonds is 1. The van der Waals surface area contributed by atoms with E-state index in [1.54, 1.807) is 0 Å². The predicted molar refractivity (Wildman–Crippen MR) is 34.8 cm³/mol. The van der Waals surface area contributed by atoms with Gasteiger partial charge in [-0.25, -0.2) is 4.79 Å². The Bertz CT molecular complexity index is 177. The van der Waals surface area contributed by atoms with Gasteiger partial charge >= 0.3 is 5.97 Å². The zero-order chi connectivity index (χ0) is 7.56. The lowest BCUT2D eigenvalue weighted by molar-refractivity contribution is -0.135. The first-order valence-electron chi connectivity index (χ1n) is 3.07. The largest absolute Gasteiger partial charge is 0.502 e. The van der Waals surface area contributed by atoms with Gasteiger partial charge < -0.3 is 15.5 Å². The highest BCUT2D eigenvalue weighted by Gasteiger charge is 2.15. The van der Waals surface area contributed by atoms with Crippen LogP contribution in [0.3, 0.4) is 0 Å². The van der Waals surface area contributed by atoms with E-state index in [9.17, 15) is 4.79 Å². The summed E-state index contributed by atoms with van der Waals surface area (Å²) in [6, 6.07) is 0. The predicted octanol–water partition coefficient (Wildman–Crippen LogP) is -0.124. The van der Waals surface area contributed by atoms with Crippen LogP contribution in [0, 0.1) is 0 Å². The molecule has 3 N–H and O–H groups in total. The summed E-state index contributed by atoms with van der Waals surface area (Å²) in [6.07, 6.45) is 0.637. The van der Waals surface area contributed by atoms with E-state index in [2.05, 4.69) is 5.32 Å². The minimum Gasteiger partial charge on any atom is -0.502 e. The minimum atomic E-state index is -1.24. The first kappa shape index (κ1) is 7.08. The highest BCUT2D eigenvalue weighted by Crippen LogP contribution is 2.09. The Morgan fingerprint density at radius 1 is 1.50 bits per heavy atom. The van der Waals surface area contributed by atoms with E-state index < -0.39 is 11.7 Å². The van der Waals surface area contributed by atoms with Crippen LogP contribution in [0.2, 0.25) is 0 Å². The molecule has 0 saturated carbocycles. The lowest BCUT2D eigenvalue weighted by Crippen LogP contribution is -2.08. The van der Waals surface area contributed by atoms with Gasteiger partial charge in [0, 0.05) is 6.54 Å². The van der Waals surface area contributed by atoms with Crippen molar-refractivity contribution in [2.24, 2.45) is 0 Å². The summed E-state index contributed by atoms with van der Waals surface area (Å²) in [4.78, 5) is 10.2. The molecule has 0 amide bonds. The van der Waals surface area contributed by atoms with Crippen molar-refractivity contribution < 1.29 is 15.0 Å². The summed E-state index contributed by atoms with van der Waals surface area (Å²) in [5.41, 5.74) is 0.590. The van der Waals surface area contributed by atoms with Crippen LogP contribution in [-0.2, 0) is 4.79 Å². The topological polar surface area (TPSA) is 69.6 Å². The standard InChI is InChI=1S/C6H9NO3/c8-5(6(9)10)4-1-2-7-3-4/h7-8H,1-3H2,(H,9,10)/b5-4-. The highest BCUT2D eigenvalue weighted by atomic mass is 16.4. The van der Waals surface area contributed by atoms with Crippen molar-refractivity contribution in [1.29, 1.82) is 0 Å². The van der Waals surface area contributed by atoms with Crippen molar-refractivity contribution in [3.05, 3.63) is 11.3 Å². The average molecular weight is 143 g/mol. The number of aliphatic hydroxyl groups excluding tert-OH is 1. The third-order valence-corrected chi connectivity index (χ3v) is 1.48. The number of aliphatic hydroxyl groups is 1. The maximum atomic E-state index is 10.2. The van der Waals surface area contributed by atoms with Gasteiger partial charge in [-0.05, 0) is 18.5 Å². The van der Waals surface area contributed by atoms with Crippen molar-refractivity contribution >= 4 is 5.97 Å². The van der Waals surface area contributed by atoms with Gasteiger partial charge in [0.25, 0.3) is 0 Å². The Morgan fingerprint density at radius 2 is 2.20 bits per heavy atom. The first-order valence-corrected chi connectivity index (χ1v) is 3.07. The molecule has 0 radical (unpaired) electrons. The van der Waals surface area contributed by atoms with E-state index in [-0.39, 0.29) is 0 Å². The molecule has 1 heterocycles. The fourth-order valence-corrected chi connectivity index (χ4v) is 0.920. The van der Waals surface area contributed by atoms with Crippen LogP contribution in [-0.4, -0.2) is 29.3 Å². The maximum Gasteiger partial charge on any atom is 0.370 e. The average Bonchev–Trinajstić information content (AvgIpc) is 2.36. The molecule has 1 aliphatic rings. The summed E-state index contributed by atoms with van der Waals surface area (Å²) in [6.45, 7) is 1.25. The molecule has 56 valence electrons. The van der Waals surface area contributed by atoms with E-state index in [1.807, 2.05) is 0 Å². The number of aliphatic carboxylic acids is 1. The Balaban J connectivity index is 2.73. The van der Waals surface area contributed by atoms with Gasteiger partial charge in [0.2, 0.25) is 5.76 Å². The van der Waals surface area contributed by atoms with Gasteiger partial charge in [-0.2, -0.15) is 0 Å². The van der Waals surface area contributed by atoms with Gasteiger partial charge in [0.05, 0.1) is 0 Å². The molecule has 0 spiro atoms. The number of hydrogen-bond acceptors (Lipinski definition) is 3. The molecule has 1 aliphatic heterocycles. The molecule has 1 saturated heterocycles. The van der Waals surface area contributed by atoms with Gasteiger partial charge in [-0.3, -0.25) is 0 Å². The molecule has 4 nitrogen and oxygen atoms in total. The van der Waals surface area contributed by atoms with Crippen LogP contribution >= 0.6 is 0 Å². The van der Waals surface area contributed by atoms with E-state index in [0.29, 0.717) is 18.5 Å². The molecule has 0 atom stereocenters. The number of carbonyl (C=O) groups is 1. The first-order chi connectivity index (χ1) is 4.72.